The van der Waals surface area contributed by atoms with Crippen molar-refractivity contribution in [1.82, 2.24) is 0 Å². The average Bonchev–Trinajstić information content (AvgIpc) is 2.84. The van der Waals surface area contributed by atoms with Crippen molar-refractivity contribution in [2.45, 2.75) is 64.2 Å². The fraction of sp³-hybridized carbons (Fsp3) is 0.733. The van der Waals surface area contributed by atoms with Gasteiger partial charge in [-0.2, -0.15) is 5.26 Å². The molecule has 0 bridgehead atoms. The second-order valence-corrected chi connectivity index (χ2v) is 5.75. The van der Waals surface area contributed by atoms with E-state index in [0.29, 0.717) is 0 Å². The smallest absolute Gasteiger partial charge is 0.303 e. The van der Waals surface area contributed by atoms with Crippen molar-refractivity contribution in [3.05, 3.63) is 0 Å². The molecule has 2 aliphatic rings. The molecule has 0 saturated carbocycles. The fourth-order valence-corrected chi connectivity index (χ4v) is 2.65. The van der Waals surface area contributed by atoms with Crippen LogP contribution in [-0.2, 0) is 42.8 Å². The summed E-state index contributed by atoms with van der Waals surface area (Å²) in [4.78, 5) is 34.0. The number of esters is 3. The van der Waals surface area contributed by atoms with Crippen LogP contribution in [0.15, 0.2) is 0 Å². The Morgan fingerprint density at radius 1 is 1.04 bits per heavy atom. The molecule has 2 saturated heterocycles. The van der Waals surface area contributed by atoms with Crippen LogP contribution in [0.4, 0.5) is 0 Å². The van der Waals surface area contributed by atoms with E-state index >= 15 is 0 Å². The van der Waals surface area contributed by atoms with E-state index in [0.717, 1.165) is 0 Å². The lowest BCUT2D eigenvalue weighted by Crippen LogP contribution is -2.60. The van der Waals surface area contributed by atoms with Crippen molar-refractivity contribution in [1.29, 1.82) is 5.26 Å². The lowest BCUT2D eigenvalue weighted by Gasteiger charge is -2.40. The summed E-state index contributed by atoms with van der Waals surface area (Å²) >= 11 is 0. The molecule has 0 N–H and O–H groups in total. The Labute approximate surface area is 143 Å². The number of carbonyl (C=O) groups excluding carboxylic acids is 3. The van der Waals surface area contributed by atoms with E-state index in [4.69, 9.17) is 28.4 Å². The Balaban J connectivity index is 2.31. The van der Waals surface area contributed by atoms with Crippen LogP contribution in [0.2, 0.25) is 0 Å². The molecule has 2 aliphatic heterocycles. The van der Waals surface area contributed by atoms with Crippen LogP contribution < -0.4 is 0 Å². The third-order valence-electron chi connectivity index (χ3n) is 3.55. The Bertz CT molecular complexity index is 600. The van der Waals surface area contributed by atoms with Gasteiger partial charge in [-0.25, -0.2) is 0 Å². The summed E-state index contributed by atoms with van der Waals surface area (Å²) in [7, 11) is 0. The topological polar surface area (TPSA) is 130 Å². The maximum absolute atomic E-state index is 11.5. The molecule has 0 aliphatic carbocycles. The highest BCUT2D eigenvalue weighted by Crippen LogP contribution is 2.38. The van der Waals surface area contributed by atoms with Crippen LogP contribution in [0.3, 0.4) is 0 Å². The number of hydrogen-bond donors (Lipinski definition) is 0. The van der Waals surface area contributed by atoms with Gasteiger partial charge < -0.3 is 28.4 Å². The van der Waals surface area contributed by atoms with Crippen LogP contribution >= 0.6 is 0 Å². The zero-order valence-corrected chi connectivity index (χ0v) is 14.2. The number of ether oxygens (including phenoxy) is 6. The lowest BCUT2D eigenvalue weighted by molar-refractivity contribution is -0.265. The second-order valence-electron chi connectivity index (χ2n) is 5.75. The molecule has 2 fully saturated rings. The summed E-state index contributed by atoms with van der Waals surface area (Å²) in [5.74, 6) is -3.49. The van der Waals surface area contributed by atoms with Crippen molar-refractivity contribution >= 4 is 17.9 Å². The normalized spacial score (nSPS) is 36.7. The van der Waals surface area contributed by atoms with E-state index in [2.05, 4.69) is 0 Å². The van der Waals surface area contributed by atoms with E-state index in [1.54, 1.807) is 0 Å². The van der Waals surface area contributed by atoms with Crippen molar-refractivity contribution in [3.63, 3.8) is 0 Å². The first-order chi connectivity index (χ1) is 11.6. The summed E-state index contributed by atoms with van der Waals surface area (Å²) in [5, 5.41) is 9.18. The Hall–Kier alpha value is -2.22. The molecule has 0 unspecified atom stereocenters. The molecular weight excluding hydrogens is 338 g/mol. The Kier molecular flexibility index (Phi) is 5.62. The van der Waals surface area contributed by atoms with Crippen LogP contribution in [0.25, 0.3) is 0 Å². The van der Waals surface area contributed by atoms with Gasteiger partial charge in [-0.05, 0) is 0 Å². The Morgan fingerprint density at radius 2 is 1.64 bits per heavy atom. The quantitative estimate of drug-likeness (QED) is 0.492. The first kappa shape index (κ1) is 19.1. The van der Waals surface area contributed by atoms with E-state index in [-0.39, 0.29) is 6.61 Å². The predicted molar refractivity (Wildman–Crippen MR) is 76.4 cm³/mol. The molecule has 0 aromatic carbocycles. The molecule has 2 rings (SSSR count). The standard InChI is InChI=1S/C15H19NO9/c1-7(17)20-5-10-11(21-8(2)18)12(22-9(3)19)13-14(23-10)25-15(4,6-16)24-13/h10-14H,5H2,1-4H3/t10-,11-,12+,13+,14+,15+/m0/s1. The van der Waals surface area contributed by atoms with Crippen molar-refractivity contribution in [3.8, 4) is 6.07 Å². The monoisotopic (exact) mass is 357 g/mol. The molecule has 6 atom stereocenters. The molecule has 25 heavy (non-hydrogen) atoms. The molecule has 0 aromatic heterocycles. The number of rotatable bonds is 4. The molecule has 0 radical (unpaired) electrons. The van der Waals surface area contributed by atoms with Crippen molar-refractivity contribution in [2.24, 2.45) is 0 Å². The largest absolute Gasteiger partial charge is 0.463 e. The molecule has 0 aromatic rings. The minimum absolute atomic E-state index is 0.263. The van der Waals surface area contributed by atoms with Crippen molar-refractivity contribution in [2.75, 3.05) is 6.61 Å². The fourth-order valence-electron chi connectivity index (χ4n) is 2.65. The summed E-state index contributed by atoms with van der Waals surface area (Å²) < 4.78 is 31.9. The minimum atomic E-state index is -1.62. The van der Waals surface area contributed by atoms with Gasteiger partial charge in [0.2, 0.25) is 0 Å². The third-order valence-corrected chi connectivity index (χ3v) is 3.55. The first-order valence-electron chi connectivity index (χ1n) is 7.55. The highest BCUT2D eigenvalue weighted by molar-refractivity contribution is 5.67. The van der Waals surface area contributed by atoms with Gasteiger partial charge >= 0.3 is 17.9 Å². The lowest BCUT2D eigenvalue weighted by atomic mass is 9.98. The number of hydrogen-bond acceptors (Lipinski definition) is 10. The van der Waals surface area contributed by atoms with E-state index < -0.39 is 54.4 Å². The van der Waals surface area contributed by atoms with Crippen molar-refractivity contribution < 1.29 is 42.8 Å². The van der Waals surface area contributed by atoms with Gasteiger partial charge in [0, 0.05) is 27.7 Å². The molecule has 10 nitrogen and oxygen atoms in total. The molecular formula is C15H19NO9. The number of fused-ring (bicyclic) bond motifs is 1. The number of carbonyl (C=O) groups is 3. The van der Waals surface area contributed by atoms with Crippen LogP contribution in [0.1, 0.15) is 27.7 Å². The molecule has 0 spiro atoms. The van der Waals surface area contributed by atoms with Crippen LogP contribution in [0, 0.1) is 11.3 Å². The van der Waals surface area contributed by atoms with E-state index in [1.165, 1.54) is 27.7 Å². The summed E-state index contributed by atoms with van der Waals surface area (Å²) in [6, 6.07) is 1.83. The summed E-state index contributed by atoms with van der Waals surface area (Å²) in [6.45, 7) is 4.67. The van der Waals surface area contributed by atoms with Gasteiger partial charge in [0.15, 0.2) is 24.6 Å². The zero-order chi connectivity index (χ0) is 18.8. The second kappa shape index (κ2) is 7.35. The minimum Gasteiger partial charge on any atom is -0.463 e. The van der Waals surface area contributed by atoms with E-state index in [1.807, 2.05) is 6.07 Å². The molecule has 0 amide bonds. The zero-order valence-electron chi connectivity index (χ0n) is 14.2. The van der Waals surface area contributed by atoms with Crippen LogP contribution in [-0.4, -0.2) is 61.0 Å². The van der Waals surface area contributed by atoms with Gasteiger partial charge in [0.05, 0.1) is 0 Å². The van der Waals surface area contributed by atoms with Gasteiger partial charge in [-0.3, -0.25) is 14.4 Å². The molecule has 138 valence electrons. The summed E-state index contributed by atoms with van der Waals surface area (Å²) in [6.07, 6.45) is -5.24. The number of nitrogens with zero attached hydrogens (tertiary/aromatic N) is 1. The maximum Gasteiger partial charge on any atom is 0.303 e. The van der Waals surface area contributed by atoms with Gasteiger partial charge in [-0.15, -0.1) is 0 Å². The van der Waals surface area contributed by atoms with Gasteiger partial charge in [0.1, 0.15) is 18.8 Å². The molecule has 2 heterocycles. The third kappa shape index (κ3) is 4.45. The molecule has 10 heteroatoms. The van der Waals surface area contributed by atoms with Crippen LogP contribution in [0.5, 0.6) is 0 Å². The highest BCUT2D eigenvalue weighted by Gasteiger charge is 2.59. The van der Waals surface area contributed by atoms with E-state index in [9.17, 15) is 19.6 Å². The van der Waals surface area contributed by atoms with Gasteiger partial charge in [0.25, 0.3) is 5.79 Å². The predicted octanol–water partition coefficient (Wildman–Crippen LogP) is -0.207. The summed E-state index contributed by atoms with van der Waals surface area (Å²) in [5.41, 5.74) is 0. The maximum atomic E-state index is 11.5. The van der Waals surface area contributed by atoms with Gasteiger partial charge in [-0.1, -0.05) is 0 Å². The highest BCUT2D eigenvalue weighted by atomic mass is 16.8. The Morgan fingerprint density at radius 3 is 2.16 bits per heavy atom. The first-order valence-corrected chi connectivity index (χ1v) is 7.55. The average molecular weight is 357 g/mol. The SMILES string of the molecule is CC(=O)OC[C@@H]1O[C@@H]2O[C@](C)(C#N)O[C@@H]2[C@H](OC(C)=O)[C@H]1OC(C)=O. The number of nitriles is 1.